The fraction of sp³-hybridized carbons (Fsp3) is 0.487. The van der Waals surface area contributed by atoms with Crippen molar-refractivity contribution in [2.45, 2.75) is 71.5 Å². The van der Waals surface area contributed by atoms with E-state index in [9.17, 15) is 24.0 Å². The van der Waals surface area contributed by atoms with Gasteiger partial charge >= 0.3 is 12.2 Å². The first-order valence-electron chi connectivity index (χ1n) is 18.2. The highest BCUT2D eigenvalue weighted by atomic mass is 32.1. The number of alkyl carbamates (subject to hydrolysis) is 2. The van der Waals surface area contributed by atoms with Gasteiger partial charge < -0.3 is 40.2 Å². The molecular weight excluding hydrogens is 807 g/mol. The van der Waals surface area contributed by atoms with E-state index in [2.05, 4.69) is 25.9 Å². The monoisotopic (exact) mass is 865 g/mol. The van der Waals surface area contributed by atoms with E-state index in [0.29, 0.717) is 37.4 Å². The minimum atomic E-state index is -0.732. The molecule has 3 aromatic rings. The van der Waals surface area contributed by atoms with Crippen LogP contribution in [0.5, 0.6) is 0 Å². The van der Waals surface area contributed by atoms with Crippen molar-refractivity contribution in [3.63, 3.8) is 0 Å². The van der Waals surface area contributed by atoms with Gasteiger partial charge in [-0.3, -0.25) is 14.4 Å². The van der Waals surface area contributed by atoms with Crippen LogP contribution in [0.3, 0.4) is 0 Å². The molecule has 316 valence electrons. The van der Waals surface area contributed by atoms with Crippen LogP contribution in [0.25, 0.3) is 22.4 Å². The first-order valence-corrected chi connectivity index (χ1v) is 18.2. The topological polar surface area (TPSA) is 175 Å². The average molecular weight is 866 g/mol. The van der Waals surface area contributed by atoms with Crippen molar-refractivity contribution in [2.75, 3.05) is 39.2 Å². The Morgan fingerprint density at radius 3 is 1.77 bits per heavy atom. The summed E-state index contributed by atoms with van der Waals surface area (Å²) in [5.74, 6) is -0.438. The molecule has 0 radical (unpaired) electrons. The minimum absolute atomic E-state index is 0. The third kappa shape index (κ3) is 12.7. The average Bonchev–Trinajstić information content (AvgIpc) is 3.86. The van der Waals surface area contributed by atoms with Crippen LogP contribution in [-0.2, 0) is 23.9 Å². The molecule has 0 unspecified atom stereocenters. The van der Waals surface area contributed by atoms with Crippen LogP contribution in [-0.4, -0.2) is 95.6 Å². The summed E-state index contributed by atoms with van der Waals surface area (Å²) in [5.41, 5.74) is 4.42. The quantitative estimate of drug-likeness (QED) is 0.187. The molecule has 2 saturated heterocycles. The smallest absolute Gasteiger partial charge is 0.407 e. The number of carbonyl (C=O) groups excluding carboxylic acids is 5. The number of hydrogen-bond acceptors (Lipinski definition) is 8. The van der Waals surface area contributed by atoms with E-state index in [1.165, 1.54) is 14.2 Å². The molecular formula is C39H59N7O7S4. The zero-order valence-electron chi connectivity index (χ0n) is 33.3. The lowest BCUT2D eigenvalue weighted by atomic mass is 9.95. The van der Waals surface area contributed by atoms with Gasteiger partial charge in [-0.1, -0.05) is 64.1 Å². The molecule has 4 atom stereocenters. The SMILES string of the molecule is COC(=O)N[C@H](C(=O)N1CCC[C@H](C(=O)Nc2ccc(-c3ccc(-c4cnc([C@@H]5CCCN5C(=O)[C@@H](NC(=O)OC)C(C)C)[nH]4)cc3)cc2)C1)C(C)C.S.S.S.S. The Morgan fingerprint density at radius 1 is 0.719 bits per heavy atom. The summed E-state index contributed by atoms with van der Waals surface area (Å²) in [7, 11) is 2.54. The molecule has 5 rings (SSSR count). The molecule has 2 fully saturated rings. The molecule has 0 saturated carbocycles. The van der Waals surface area contributed by atoms with Crippen LogP contribution in [0.2, 0.25) is 0 Å². The predicted molar refractivity (Wildman–Crippen MR) is 241 cm³/mol. The summed E-state index contributed by atoms with van der Waals surface area (Å²) in [4.78, 5) is 75.2. The van der Waals surface area contributed by atoms with Crippen molar-refractivity contribution in [1.29, 1.82) is 0 Å². The summed E-state index contributed by atoms with van der Waals surface area (Å²) in [6, 6.07) is 14.0. The number of imidazole rings is 1. The number of carbonyl (C=O) groups is 5. The molecule has 4 N–H and O–H groups in total. The third-order valence-electron chi connectivity index (χ3n) is 10.0. The van der Waals surface area contributed by atoms with Crippen LogP contribution in [0.1, 0.15) is 65.2 Å². The normalized spacial score (nSPS) is 17.1. The van der Waals surface area contributed by atoms with Gasteiger partial charge in [-0.15, -0.1) is 0 Å². The lowest BCUT2D eigenvalue weighted by Gasteiger charge is -2.35. The number of ether oxygens (including phenoxy) is 2. The standard InChI is InChI=1S/C39H51N7O7.4H2S/c1-23(2)32(43-38(50)52-5)36(48)45-19-7-9-28(22-45)35(47)41-29-17-15-26(16-18-29)25-11-13-27(14-12-25)30-21-40-34(42-30)31-10-8-20-46(31)37(49)33(24(3)4)44-39(51)53-6;;;;/h11-18,21,23-24,28,31-33H,7-10,19-20,22H2,1-6H3,(H,40,42)(H,41,47)(H,43,50)(H,44,51);4*1H2/t28-,31-,32-,33-;;;;/m0..../s1. The second kappa shape index (κ2) is 23.4. The number of aromatic nitrogens is 2. The van der Waals surface area contributed by atoms with Gasteiger partial charge in [0, 0.05) is 25.3 Å². The number of anilines is 1. The predicted octanol–water partition coefficient (Wildman–Crippen LogP) is 5.80. The maximum Gasteiger partial charge on any atom is 0.407 e. The number of nitrogens with zero attached hydrogens (tertiary/aromatic N) is 3. The Balaban J connectivity index is 0.00000406. The number of H-pyrrole nitrogens is 1. The van der Waals surface area contributed by atoms with Gasteiger partial charge in [-0.2, -0.15) is 54.0 Å². The molecule has 2 aromatic carbocycles. The second-order valence-corrected chi connectivity index (χ2v) is 14.4. The van der Waals surface area contributed by atoms with Gasteiger partial charge in [0.25, 0.3) is 0 Å². The zero-order chi connectivity index (χ0) is 38.2. The van der Waals surface area contributed by atoms with Crippen molar-refractivity contribution in [1.82, 2.24) is 30.4 Å². The Labute approximate surface area is 363 Å². The van der Waals surface area contributed by atoms with Crippen molar-refractivity contribution < 1.29 is 33.4 Å². The van der Waals surface area contributed by atoms with Crippen LogP contribution >= 0.6 is 54.0 Å². The Bertz CT molecular complexity index is 1780. The first kappa shape index (κ1) is 51.0. The number of piperidine rings is 1. The van der Waals surface area contributed by atoms with Gasteiger partial charge in [0.05, 0.1) is 38.1 Å². The lowest BCUT2D eigenvalue weighted by molar-refractivity contribution is -0.137. The number of rotatable bonds is 11. The maximum atomic E-state index is 13.5. The van der Waals surface area contributed by atoms with E-state index >= 15 is 0 Å². The van der Waals surface area contributed by atoms with Crippen molar-refractivity contribution in [3.05, 3.63) is 60.6 Å². The lowest BCUT2D eigenvalue weighted by Crippen LogP contribution is -2.54. The van der Waals surface area contributed by atoms with Crippen LogP contribution < -0.4 is 16.0 Å². The fourth-order valence-corrected chi connectivity index (χ4v) is 6.97. The molecule has 0 bridgehead atoms. The molecule has 18 heteroatoms. The second-order valence-electron chi connectivity index (χ2n) is 14.4. The molecule has 3 heterocycles. The summed E-state index contributed by atoms with van der Waals surface area (Å²) >= 11 is 0. The molecule has 1 aromatic heterocycles. The Hall–Kier alpha value is -4.00. The summed E-state index contributed by atoms with van der Waals surface area (Å²) in [5, 5.41) is 8.31. The zero-order valence-corrected chi connectivity index (χ0v) is 37.3. The molecule has 0 aliphatic carbocycles. The number of likely N-dealkylation sites (tertiary alicyclic amines) is 2. The van der Waals surface area contributed by atoms with Crippen LogP contribution in [0, 0.1) is 17.8 Å². The molecule has 14 nitrogen and oxygen atoms in total. The van der Waals surface area contributed by atoms with Gasteiger partial charge in [-0.25, -0.2) is 14.6 Å². The molecule has 5 amide bonds. The van der Waals surface area contributed by atoms with E-state index in [4.69, 9.17) is 9.47 Å². The highest BCUT2D eigenvalue weighted by Crippen LogP contribution is 2.33. The molecule has 2 aliphatic rings. The van der Waals surface area contributed by atoms with E-state index in [1.54, 1.807) is 16.0 Å². The summed E-state index contributed by atoms with van der Waals surface area (Å²) in [6.07, 6.45) is 3.44. The van der Waals surface area contributed by atoms with Crippen LogP contribution in [0.15, 0.2) is 54.7 Å². The largest absolute Gasteiger partial charge is 0.453 e. The van der Waals surface area contributed by atoms with E-state index in [-0.39, 0.29) is 102 Å². The van der Waals surface area contributed by atoms with Crippen molar-refractivity contribution >= 4 is 89.6 Å². The molecule has 2 aliphatic heterocycles. The van der Waals surface area contributed by atoms with Crippen molar-refractivity contribution in [3.8, 4) is 22.4 Å². The highest BCUT2D eigenvalue weighted by molar-refractivity contribution is 7.59. The van der Waals surface area contributed by atoms with Gasteiger partial charge in [0.15, 0.2) is 0 Å². The van der Waals surface area contributed by atoms with Gasteiger partial charge in [0.2, 0.25) is 17.7 Å². The number of benzene rings is 2. The number of amides is 5. The van der Waals surface area contributed by atoms with Crippen LogP contribution in [0.4, 0.5) is 15.3 Å². The highest BCUT2D eigenvalue weighted by Gasteiger charge is 2.38. The summed E-state index contributed by atoms with van der Waals surface area (Å²) in [6.45, 7) is 8.88. The fourth-order valence-electron chi connectivity index (χ4n) is 6.97. The first-order chi connectivity index (χ1) is 25.4. The maximum absolute atomic E-state index is 13.5. The van der Waals surface area contributed by atoms with E-state index in [1.807, 2.05) is 76.2 Å². The third-order valence-corrected chi connectivity index (χ3v) is 10.0. The molecule has 57 heavy (non-hydrogen) atoms. The number of aromatic amines is 1. The molecule has 0 spiro atoms. The van der Waals surface area contributed by atoms with Gasteiger partial charge in [-0.05, 0) is 66.3 Å². The Morgan fingerprint density at radius 2 is 1.23 bits per heavy atom. The number of hydrogen-bond donors (Lipinski definition) is 4. The van der Waals surface area contributed by atoms with Crippen molar-refractivity contribution in [2.24, 2.45) is 17.8 Å². The van der Waals surface area contributed by atoms with E-state index in [0.717, 1.165) is 35.2 Å². The minimum Gasteiger partial charge on any atom is -0.453 e. The van der Waals surface area contributed by atoms with E-state index < -0.39 is 24.3 Å². The number of nitrogens with one attached hydrogen (secondary N) is 4. The van der Waals surface area contributed by atoms with Gasteiger partial charge in [0.1, 0.15) is 17.9 Å². The Kier molecular flexibility index (Phi) is 21.0. The summed E-state index contributed by atoms with van der Waals surface area (Å²) < 4.78 is 9.43. The number of methoxy groups -OCH3 is 2.